The van der Waals surface area contributed by atoms with Crippen LogP contribution in [0.3, 0.4) is 0 Å². The van der Waals surface area contributed by atoms with Gasteiger partial charge in [0, 0.05) is 12.0 Å². The Labute approximate surface area is 87.4 Å². The van der Waals surface area contributed by atoms with Crippen molar-refractivity contribution in [2.75, 3.05) is 0 Å². The van der Waals surface area contributed by atoms with Crippen LogP contribution < -0.4 is 0 Å². The fourth-order valence-corrected chi connectivity index (χ4v) is 0.854. The van der Waals surface area contributed by atoms with Gasteiger partial charge in [0.15, 0.2) is 5.60 Å². The van der Waals surface area contributed by atoms with E-state index < -0.39 is 17.5 Å². The van der Waals surface area contributed by atoms with E-state index in [0.29, 0.717) is 0 Å². The molecule has 0 aliphatic rings. The number of aliphatic carboxylic acids is 2. The molecule has 3 N–H and O–H groups in total. The molecule has 0 aliphatic carbocycles. The van der Waals surface area contributed by atoms with Crippen molar-refractivity contribution in [2.45, 2.75) is 25.9 Å². The van der Waals surface area contributed by atoms with Gasteiger partial charge in [0.1, 0.15) is 0 Å². The van der Waals surface area contributed by atoms with Crippen LogP contribution in [-0.4, -0.2) is 32.9 Å². The summed E-state index contributed by atoms with van der Waals surface area (Å²) in [5.74, 6) is -2.60. The smallest absolute Gasteiger partial charge is 0.339 e. The average Bonchev–Trinajstić information content (AvgIpc) is 2.12. The highest BCUT2D eigenvalue weighted by Gasteiger charge is 2.33. The van der Waals surface area contributed by atoms with Crippen LogP contribution in [0.4, 0.5) is 0 Å². The summed E-state index contributed by atoms with van der Waals surface area (Å²) in [4.78, 5) is 21.2. The van der Waals surface area contributed by atoms with Crippen LogP contribution >= 0.6 is 0 Å². The second-order valence-electron chi connectivity index (χ2n) is 3.28. The van der Waals surface area contributed by atoms with E-state index >= 15 is 0 Å². The Bertz CT molecular complexity index is 325. The zero-order valence-corrected chi connectivity index (χ0v) is 8.65. The molecule has 0 bridgehead atoms. The van der Waals surface area contributed by atoms with Gasteiger partial charge in [-0.1, -0.05) is 12.7 Å². The maximum atomic E-state index is 10.6. The van der Waals surface area contributed by atoms with Gasteiger partial charge in [-0.15, -0.1) is 0 Å². The largest absolute Gasteiger partial charge is 0.479 e. The minimum Gasteiger partial charge on any atom is -0.479 e. The van der Waals surface area contributed by atoms with E-state index in [0.717, 1.165) is 6.92 Å². The van der Waals surface area contributed by atoms with Crippen LogP contribution in [0.5, 0.6) is 0 Å². The van der Waals surface area contributed by atoms with Crippen molar-refractivity contribution in [3.05, 3.63) is 23.8 Å². The third-order valence-electron chi connectivity index (χ3n) is 2.13. The van der Waals surface area contributed by atoms with Crippen molar-refractivity contribution in [1.29, 1.82) is 0 Å². The molecule has 0 aromatic heterocycles. The average molecular weight is 214 g/mol. The van der Waals surface area contributed by atoms with Crippen molar-refractivity contribution >= 4 is 11.9 Å². The first-order valence-electron chi connectivity index (χ1n) is 4.26. The highest BCUT2D eigenvalue weighted by molar-refractivity contribution is 5.88. The molecule has 84 valence electrons. The molecule has 5 heteroatoms. The van der Waals surface area contributed by atoms with Gasteiger partial charge in [0.05, 0.1) is 0 Å². The summed E-state index contributed by atoms with van der Waals surface area (Å²) in [6.07, 6.45) is 1.16. The Morgan fingerprint density at radius 2 is 1.87 bits per heavy atom. The summed E-state index contributed by atoms with van der Waals surface area (Å²) < 4.78 is 0. The van der Waals surface area contributed by atoms with Crippen LogP contribution in [0, 0.1) is 0 Å². The lowest BCUT2D eigenvalue weighted by molar-refractivity contribution is -0.153. The van der Waals surface area contributed by atoms with E-state index in [2.05, 4.69) is 6.58 Å². The Morgan fingerprint density at radius 1 is 1.40 bits per heavy atom. The molecule has 0 unspecified atom stereocenters. The SMILES string of the molecule is C=C(C/C(=C\C)C(=O)O)[C@@](C)(O)C(=O)O. The molecule has 0 heterocycles. The summed E-state index contributed by atoms with van der Waals surface area (Å²) in [5, 5.41) is 26.8. The first-order valence-corrected chi connectivity index (χ1v) is 4.26. The van der Waals surface area contributed by atoms with E-state index in [9.17, 15) is 14.7 Å². The number of hydrogen-bond acceptors (Lipinski definition) is 3. The van der Waals surface area contributed by atoms with Crippen molar-refractivity contribution in [3.8, 4) is 0 Å². The second kappa shape index (κ2) is 4.75. The van der Waals surface area contributed by atoms with Crippen LogP contribution in [0.2, 0.25) is 0 Å². The third kappa shape index (κ3) is 3.21. The van der Waals surface area contributed by atoms with Crippen molar-refractivity contribution < 1.29 is 24.9 Å². The van der Waals surface area contributed by atoms with Gasteiger partial charge in [-0.3, -0.25) is 0 Å². The summed E-state index contributed by atoms with van der Waals surface area (Å²) in [7, 11) is 0. The quantitative estimate of drug-likeness (QED) is 0.464. The molecular formula is C10H14O5. The van der Waals surface area contributed by atoms with Crippen LogP contribution in [0.1, 0.15) is 20.3 Å². The normalized spacial score (nSPS) is 15.5. The lowest BCUT2D eigenvalue weighted by atomic mass is 9.91. The zero-order chi connectivity index (χ0) is 12.2. The highest BCUT2D eigenvalue weighted by Crippen LogP contribution is 2.22. The minimum atomic E-state index is -2.11. The van der Waals surface area contributed by atoms with E-state index in [-0.39, 0.29) is 17.6 Å². The van der Waals surface area contributed by atoms with Crippen molar-refractivity contribution in [1.82, 2.24) is 0 Å². The van der Waals surface area contributed by atoms with Crippen LogP contribution in [-0.2, 0) is 9.59 Å². The highest BCUT2D eigenvalue weighted by atomic mass is 16.4. The van der Waals surface area contributed by atoms with Gasteiger partial charge >= 0.3 is 11.9 Å². The first kappa shape index (κ1) is 13.4. The van der Waals surface area contributed by atoms with Crippen molar-refractivity contribution in [3.63, 3.8) is 0 Å². The maximum absolute atomic E-state index is 10.6. The van der Waals surface area contributed by atoms with Crippen molar-refractivity contribution in [2.24, 2.45) is 0 Å². The molecule has 5 nitrogen and oxygen atoms in total. The van der Waals surface area contributed by atoms with Gasteiger partial charge < -0.3 is 15.3 Å². The molecule has 0 rings (SSSR count). The fraction of sp³-hybridized carbons (Fsp3) is 0.400. The molecule has 0 radical (unpaired) electrons. The van der Waals surface area contributed by atoms with Gasteiger partial charge in [-0.25, -0.2) is 9.59 Å². The summed E-state index contributed by atoms with van der Waals surface area (Å²) in [6.45, 7) is 5.97. The molecule has 0 aromatic rings. The number of carboxylic acid groups (broad SMARTS) is 2. The Kier molecular flexibility index (Phi) is 4.23. The maximum Gasteiger partial charge on any atom is 0.339 e. The summed E-state index contributed by atoms with van der Waals surface area (Å²) >= 11 is 0. The number of rotatable bonds is 5. The number of hydrogen-bond donors (Lipinski definition) is 3. The number of carbonyl (C=O) groups is 2. The molecule has 0 saturated carbocycles. The molecule has 1 atom stereocenters. The predicted molar refractivity (Wildman–Crippen MR) is 53.4 cm³/mol. The molecule has 0 aliphatic heterocycles. The monoisotopic (exact) mass is 214 g/mol. The Hall–Kier alpha value is -1.62. The van der Waals surface area contributed by atoms with E-state index in [1.54, 1.807) is 0 Å². The fourth-order valence-electron chi connectivity index (χ4n) is 0.854. The lowest BCUT2D eigenvalue weighted by Crippen LogP contribution is -2.37. The van der Waals surface area contributed by atoms with Crippen LogP contribution in [0.15, 0.2) is 23.8 Å². The topological polar surface area (TPSA) is 94.8 Å². The Morgan fingerprint density at radius 3 is 2.13 bits per heavy atom. The van der Waals surface area contributed by atoms with E-state index in [1.165, 1.54) is 13.0 Å². The minimum absolute atomic E-state index is 0.00141. The molecule has 0 saturated heterocycles. The van der Waals surface area contributed by atoms with Gasteiger partial charge in [-0.2, -0.15) is 0 Å². The Balaban J connectivity index is 4.78. The molecule has 15 heavy (non-hydrogen) atoms. The zero-order valence-electron chi connectivity index (χ0n) is 8.65. The summed E-state index contributed by atoms with van der Waals surface area (Å²) in [5.41, 5.74) is -2.17. The molecule has 0 spiro atoms. The first-order chi connectivity index (χ1) is 6.73. The molecule has 0 amide bonds. The molecular weight excluding hydrogens is 200 g/mol. The van der Waals surface area contributed by atoms with E-state index in [1.807, 2.05) is 0 Å². The number of allylic oxidation sites excluding steroid dienone is 1. The lowest BCUT2D eigenvalue weighted by Gasteiger charge is -2.20. The second-order valence-corrected chi connectivity index (χ2v) is 3.28. The third-order valence-corrected chi connectivity index (χ3v) is 2.13. The van der Waals surface area contributed by atoms with Gasteiger partial charge in [0.2, 0.25) is 0 Å². The summed E-state index contributed by atoms with van der Waals surface area (Å²) in [6, 6.07) is 0. The van der Waals surface area contributed by atoms with Gasteiger partial charge in [-0.05, 0) is 19.4 Å². The standard InChI is InChI=1S/C10H14O5/c1-4-7(8(11)12)5-6(2)10(3,15)9(13)14/h4,15H,2,5H2,1,3H3,(H,11,12)(H,13,14)/b7-4+/t10-/m1/s1. The van der Waals surface area contributed by atoms with Crippen LogP contribution in [0.25, 0.3) is 0 Å². The number of aliphatic hydroxyl groups is 1. The molecule has 0 aromatic carbocycles. The van der Waals surface area contributed by atoms with E-state index in [4.69, 9.17) is 10.2 Å². The van der Waals surface area contributed by atoms with Gasteiger partial charge in [0.25, 0.3) is 0 Å². The number of carboxylic acids is 2. The molecule has 0 fully saturated rings. The predicted octanol–water partition coefficient (Wildman–Crippen LogP) is 0.799.